The van der Waals surface area contributed by atoms with Crippen LogP contribution >= 0.6 is 11.8 Å². The first-order chi connectivity index (χ1) is 22.6. The minimum Gasteiger partial charge on any atom is -0.475 e. The Morgan fingerprint density at radius 1 is 0.957 bits per heavy atom. The SMILES string of the molecule is CSc1ncc2cc(-c3ccccc3)c(-c3ccc(CN4CCC(C(=O)Nc5ccncc5)CC4)cc3)nc2n1.O=C(O)C(F)(F)F. The molecule has 6 rings (SSSR count). The molecular weight excluding hydrogens is 629 g/mol. The number of likely N-dealkylation sites (tertiary alicyclic amines) is 1. The lowest BCUT2D eigenvalue weighted by molar-refractivity contribution is -0.192. The summed E-state index contributed by atoms with van der Waals surface area (Å²) in [6.07, 6.45) is 3.84. The van der Waals surface area contributed by atoms with Gasteiger partial charge in [-0.1, -0.05) is 66.4 Å². The van der Waals surface area contributed by atoms with Crippen molar-refractivity contribution in [3.63, 3.8) is 0 Å². The van der Waals surface area contributed by atoms with E-state index >= 15 is 0 Å². The van der Waals surface area contributed by atoms with Gasteiger partial charge in [-0.15, -0.1) is 0 Å². The minimum atomic E-state index is -5.08. The summed E-state index contributed by atoms with van der Waals surface area (Å²) in [7, 11) is 0. The lowest BCUT2D eigenvalue weighted by atomic mass is 9.95. The number of alkyl halides is 3. The van der Waals surface area contributed by atoms with Gasteiger partial charge in [-0.2, -0.15) is 13.2 Å². The molecule has 9 nitrogen and oxygen atoms in total. The molecule has 5 aromatic rings. The van der Waals surface area contributed by atoms with E-state index < -0.39 is 12.1 Å². The number of thioether (sulfide) groups is 1. The Morgan fingerprint density at radius 3 is 2.23 bits per heavy atom. The third kappa shape index (κ3) is 8.89. The molecule has 1 aliphatic heterocycles. The van der Waals surface area contributed by atoms with Gasteiger partial charge in [0.25, 0.3) is 0 Å². The van der Waals surface area contributed by atoms with Crippen molar-refractivity contribution in [1.29, 1.82) is 0 Å². The molecule has 2 N–H and O–H groups in total. The van der Waals surface area contributed by atoms with E-state index in [-0.39, 0.29) is 11.8 Å². The van der Waals surface area contributed by atoms with Gasteiger partial charge in [-0.3, -0.25) is 14.7 Å². The summed E-state index contributed by atoms with van der Waals surface area (Å²) in [5, 5.41) is 11.8. The Labute approximate surface area is 273 Å². The van der Waals surface area contributed by atoms with Crippen molar-refractivity contribution in [2.45, 2.75) is 30.7 Å². The minimum absolute atomic E-state index is 0.0395. The molecule has 0 spiro atoms. The summed E-state index contributed by atoms with van der Waals surface area (Å²) in [5.74, 6) is -2.62. The number of nitrogens with zero attached hydrogens (tertiary/aromatic N) is 5. The quantitative estimate of drug-likeness (QED) is 0.141. The highest BCUT2D eigenvalue weighted by Crippen LogP contribution is 2.33. The van der Waals surface area contributed by atoms with Gasteiger partial charge in [0, 0.05) is 53.3 Å². The van der Waals surface area contributed by atoms with Crippen molar-refractivity contribution in [1.82, 2.24) is 24.8 Å². The Kier molecular flexibility index (Phi) is 10.8. The van der Waals surface area contributed by atoms with Crippen LogP contribution in [0.4, 0.5) is 18.9 Å². The van der Waals surface area contributed by atoms with Gasteiger partial charge in [0.05, 0.1) is 5.69 Å². The molecule has 47 heavy (non-hydrogen) atoms. The van der Waals surface area contributed by atoms with Crippen LogP contribution in [-0.4, -0.2) is 67.3 Å². The van der Waals surface area contributed by atoms with Crippen LogP contribution in [0.5, 0.6) is 0 Å². The number of anilines is 1. The maximum Gasteiger partial charge on any atom is 0.490 e. The average Bonchev–Trinajstić information content (AvgIpc) is 3.09. The Hall–Kier alpha value is -4.88. The summed E-state index contributed by atoms with van der Waals surface area (Å²) >= 11 is 1.51. The highest BCUT2D eigenvalue weighted by molar-refractivity contribution is 7.98. The van der Waals surface area contributed by atoms with E-state index in [1.54, 1.807) is 12.4 Å². The molecule has 242 valence electrons. The van der Waals surface area contributed by atoms with E-state index in [0.29, 0.717) is 10.8 Å². The second kappa shape index (κ2) is 15.1. The molecule has 0 aliphatic carbocycles. The molecule has 1 amide bonds. The van der Waals surface area contributed by atoms with Crippen LogP contribution in [0.25, 0.3) is 33.4 Å². The van der Waals surface area contributed by atoms with Crippen LogP contribution in [0.2, 0.25) is 0 Å². The number of aliphatic carboxylic acids is 1. The number of carbonyl (C=O) groups excluding carboxylic acids is 1. The van der Waals surface area contributed by atoms with Gasteiger partial charge in [0.2, 0.25) is 5.91 Å². The smallest absolute Gasteiger partial charge is 0.475 e. The lowest BCUT2D eigenvalue weighted by Gasteiger charge is -2.31. The molecule has 0 unspecified atom stereocenters. The first kappa shape index (κ1) is 33.5. The van der Waals surface area contributed by atoms with Crippen LogP contribution in [0, 0.1) is 5.92 Å². The summed E-state index contributed by atoms with van der Waals surface area (Å²) in [4.78, 5) is 42.1. The molecular formula is C34H31F3N6O3S. The van der Waals surface area contributed by atoms with Gasteiger partial charge < -0.3 is 10.4 Å². The van der Waals surface area contributed by atoms with E-state index in [2.05, 4.69) is 67.6 Å². The monoisotopic (exact) mass is 660 g/mol. The van der Waals surface area contributed by atoms with Gasteiger partial charge in [-0.25, -0.2) is 19.7 Å². The van der Waals surface area contributed by atoms with Crippen LogP contribution in [-0.2, 0) is 16.1 Å². The number of hydrogen-bond donors (Lipinski definition) is 2. The number of pyridine rings is 2. The summed E-state index contributed by atoms with van der Waals surface area (Å²) in [6.45, 7) is 2.66. The van der Waals surface area contributed by atoms with E-state index in [9.17, 15) is 18.0 Å². The summed E-state index contributed by atoms with van der Waals surface area (Å²) in [5.41, 5.74) is 6.90. The lowest BCUT2D eigenvalue weighted by Crippen LogP contribution is -2.37. The normalized spacial score (nSPS) is 13.9. The second-order valence-corrected chi connectivity index (χ2v) is 11.6. The number of carboxylic acid groups (broad SMARTS) is 1. The number of carbonyl (C=O) groups is 2. The number of amides is 1. The maximum absolute atomic E-state index is 12.7. The van der Waals surface area contributed by atoms with Crippen molar-refractivity contribution in [2.24, 2.45) is 5.92 Å². The van der Waals surface area contributed by atoms with Crippen molar-refractivity contribution < 1.29 is 27.9 Å². The molecule has 4 heterocycles. The van der Waals surface area contributed by atoms with Gasteiger partial charge in [0.1, 0.15) is 0 Å². The number of nitrogens with one attached hydrogen (secondary N) is 1. The zero-order valence-electron chi connectivity index (χ0n) is 25.3. The highest BCUT2D eigenvalue weighted by Gasteiger charge is 2.38. The van der Waals surface area contributed by atoms with Crippen LogP contribution < -0.4 is 5.32 Å². The van der Waals surface area contributed by atoms with E-state index in [4.69, 9.17) is 14.9 Å². The molecule has 1 fully saturated rings. The number of fused-ring (bicyclic) bond motifs is 1. The van der Waals surface area contributed by atoms with Crippen molar-refractivity contribution in [2.75, 3.05) is 24.7 Å². The number of benzene rings is 2. The number of aromatic nitrogens is 4. The second-order valence-electron chi connectivity index (χ2n) is 10.8. The zero-order chi connectivity index (χ0) is 33.4. The fourth-order valence-corrected chi connectivity index (χ4v) is 5.50. The first-order valence-electron chi connectivity index (χ1n) is 14.7. The Morgan fingerprint density at radius 2 is 1.62 bits per heavy atom. The molecule has 1 aliphatic rings. The van der Waals surface area contributed by atoms with Gasteiger partial charge in [-0.05, 0) is 61.5 Å². The Balaban J connectivity index is 0.000000559. The van der Waals surface area contributed by atoms with E-state index in [1.165, 1.54) is 17.3 Å². The highest BCUT2D eigenvalue weighted by atomic mass is 32.2. The standard InChI is InChI=1S/C32H30N6OS.C2HF3O2/c1-40-32-34-20-26-19-28(23-5-3-2-4-6-23)29(36-30(26)37-32)24-9-7-22(8-10-24)21-38-17-13-25(14-18-38)31(39)35-27-11-15-33-16-12-27;3-2(4,5)1(6)7/h2-12,15-16,19-20,25H,13-14,17-18,21H2,1H3,(H,33,35,39);(H,6,7). The summed E-state index contributed by atoms with van der Waals surface area (Å²) < 4.78 is 31.7. The van der Waals surface area contributed by atoms with Crippen LogP contribution in [0.1, 0.15) is 18.4 Å². The molecule has 13 heteroatoms. The largest absolute Gasteiger partial charge is 0.490 e. The molecule has 2 aromatic carbocycles. The molecule has 0 bridgehead atoms. The number of carboxylic acids is 1. The third-order valence-corrected chi connectivity index (χ3v) is 8.16. The predicted molar refractivity (Wildman–Crippen MR) is 175 cm³/mol. The molecule has 1 saturated heterocycles. The van der Waals surface area contributed by atoms with Crippen LogP contribution in [0.15, 0.2) is 96.5 Å². The number of hydrogen-bond acceptors (Lipinski definition) is 8. The van der Waals surface area contributed by atoms with E-state index in [1.807, 2.05) is 42.8 Å². The number of halogens is 3. The molecule has 0 atom stereocenters. The first-order valence-corrected chi connectivity index (χ1v) is 15.9. The Bertz CT molecular complexity index is 1820. The molecule has 3 aromatic heterocycles. The fraction of sp³-hybridized carbons (Fsp3) is 0.235. The van der Waals surface area contributed by atoms with Crippen molar-refractivity contribution in [3.05, 3.63) is 97.0 Å². The van der Waals surface area contributed by atoms with E-state index in [0.717, 1.165) is 65.9 Å². The van der Waals surface area contributed by atoms with Crippen molar-refractivity contribution >= 4 is 40.4 Å². The third-order valence-electron chi connectivity index (χ3n) is 7.60. The predicted octanol–water partition coefficient (Wildman–Crippen LogP) is 6.96. The van der Waals surface area contributed by atoms with Crippen molar-refractivity contribution in [3.8, 4) is 22.4 Å². The average molecular weight is 661 g/mol. The zero-order valence-corrected chi connectivity index (χ0v) is 26.1. The fourth-order valence-electron chi connectivity index (χ4n) is 5.16. The number of rotatable bonds is 7. The number of piperidine rings is 1. The summed E-state index contributed by atoms with van der Waals surface area (Å²) in [6, 6.07) is 24.8. The topological polar surface area (TPSA) is 121 Å². The van der Waals surface area contributed by atoms with Crippen LogP contribution in [0.3, 0.4) is 0 Å². The maximum atomic E-state index is 12.7. The van der Waals surface area contributed by atoms with Gasteiger partial charge >= 0.3 is 12.1 Å². The molecule has 0 radical (unpaired) electrons. The molecule has 0 saturated carbocycles. The van der Waals surface area contributed by atoms with Gasteiger partial charge in [0.15, 0.2) is 10.8 Å².